The van der Waals surface area contributed by atoms with Gasteiger partial charge in [0.05, 0.1) is 5.56 Å². The number of nitrogens with zero attached hydrogens (tertiary/aromatic N) is 2. The van der Waals surface area contributed by atoms with Gasteiger partial charge in [0, 0.05) is 29.2 Å². The molecule has 2 aromatic carbocycles. The number of nitrogens with one attached hydrogen (secondary N) is 1. The van der Waals surface area contributed by atoms with Crippen molar-refractivity contribution in [1.82, 2.24) is 14.7 Å². The number of aromatic nitrogens is 3. The predicted octanol–water partition coefficient (Wildman–Crippen LogP) is 2.73. The molecule has 2 aromatic heterocycles. The highest BCUT2D eigenvalue weighted by atomic mass is 16.5. The first-order valence-electron chi connectivity index (χ1n) is 7.58. The normalized spacial score (nSPS) is 11.0. The SMILES string of the molecule is O=C(O)c1ccc(Cn2ccc3cc(-c4noc(=O)[nH]4)ccc32)cc1. The van der Waals surface area contributed by atoms with Crippen molar-refractivity contribution >= 4 is 16.9 Å². The van der Waals surface area contributed by atoms with Crippen LogP contribution in [0.5, 0.6) is 0 Å². The maximum absolute atomic E-state index is 11.1. The highest BCUT2D eigenvalue weighted by Gasteiger charge is 2.08. The molecule has 0 aliphatic carbocycles. The van der Waals surface area contributed by atoms with Crippen LogP contribution in [0.15, 0.2) is 64.0 Å². The number of H-pyrrole nitrogens is 1. The van der Waals surface area contributed by atoms with E-state index in [2.05, 4.69) is 19.2 Å². The fraction of sp³-hybridized carbons (Fsp3) is 0.0556. The molecule has 7 heteroatoms. The monoisotopic (exact) mass is 335 g/mol. The molecule has 2 heterocycles. The molecule has 2 N–H and O–H groups in total. The van der Waals surface area contributed by atoms with Crippen molar-refractivity contribution in [2.45, 2.75) is 6.54 Å². The second kappa shape index (κ2) is 5.79. The molecule has 0 aliphatic heterocycles. The lowest BCUT2D eigenvalue weighted by molar-refractivity contribution is 0.0697. The Balaban J connectivity index is 1.64. The fourth-order valence-electron chi connectivity index (χ4n) is 2.79. The van der Waals surface area contributed by atoms with E-state index >= 15 is 0 Å². The zero-order valence-electron chi connectivity index (χ0n) is 13.0. The summed E-state index contributed by atoms with van der Waals surface area (Å²) in [5.74, 6) is -1.13. The van der Waals surface area contributed by atoms with Crippen LogP contribution < -0.4 is 5.76 Å². The van der Waals surface area contributed by atoms with Gasteiger partial charge in [0.15, 0.2) is 5.82 Å². The fourth-order valence-corrected chi connectivity index (χ4v) is 2.79. The molecule has 0 saturated carbocycles. The first-order valence-corrected chi connectivity index (χ1v) is 7.58. The molecule has 0 radical (unpaired) electrons. The Morgan fingerprint density at radius 2 is 1.96 bits per heavy atom. The van der Waals surface area contributed by atoms with Crippen molar-refractivity contribution in [3.63, 3.8) is 0 Å². The highest BCUT2D eigenvalue weighted by Crippen LogP contribution is 2.23. The number of hydrogen-bond donors (Lipinski definition) is 2. The maximum Gasteiger partial charge on any atom is 0.439 e. The number of aromatic amines is 1. The van der Waals surface area contributed by atoms with Gasteiger partial charge in [-0.15, -0.1) is 0 Å². The molecule has 0 amide bonds. The predicted molar refractivity (Wildman–Crippen MR) is 90.6 cm³/mol. The number of hydrogen-bond acceptors (Lipinski definition) is 4. The van der Waals surface area contributed by atoms with Crippen molar-refractivity contribution in [3.8, 4) is 11.4 Å². The summed E-state index contributed by atoms with van der Waals surface area (Å²) < 4.78 is 6.60. The van der Waals surface area contributed by atoms with Crippen LogP contribution in [0, 0.1) is 0 Å². The molecule has 124 valence electrons. The van der Waals surface area contributed by atoms with Crippen molar-refractivity contribution in [2.75, 3.05) is 0 Å². The smallest absolute Gasteiger partial charge is 0.439 e. The van der Waals surface area contributed by atoms with E-state index in [4.69, 9.17) is 5.11 Å². The van der Waals surface area contributed by atoms with Crippen molar-refractivity contribution in [2.24, 2.45) is 0 Å². The number of carboxylic acid groups (broad SMARTS) is 1. The quantitative estimate of drug-likeness (QED) is 0.597. The van der Waals surface area contributed by atoms with E-state index < -0.39 is 11.7 Å². The summed E-state index contributed by atoms with van der Waals surface area (Å²) >= 11 is 0. The minimum Gasteiger partial charge on any atom is -0.478 e. The van der Waals surface area contributed by atoms with Crippen LogP contribution in [0.1, 0.15) is 15.9 Å². The molecule has 25 heavy (non-hydrogen) atoms. The minimum absolute atomic E-state index is 0.271. The average Bonchev–Trinajstić information content (AvgIpc) is 3.21. The topological polar surface area (TPSA) is 101 Å². The number of benzene rings is 2. The molecule has 0 bridgehead atoms. The molecule has 0 atom stereocenters. The second-order valence-corrected chi connectivity index (χ2v) is 5.66. The van der Waals surface area contributed by atoms with Crippen molar-refractivity contribution in [1.29, 1.82) is 0 Å². The Morgan fingerprint density at radius 3 is 2.64 bits per heavy atom. The maximum atomic E-state index is 11.1. The van der Waals surface area contributed by atoms with Crippen molar-refractivity contribution in [3.05, 3.63) is 76.4 Å². The number of carbonyl (C=O) groups is 1. The summed E-state index contributed by atoms with van der Waals surface area (Å²) in [4.78, 5) is 24.5. The average molecular weight is 335 g/mol. The summed E-state index contributed by atoms with van der Waals surface area (Å²) in [6.07, 6.45) is 1.96. The van der Waals surface area contributed by atoms with Crippen LogP contribution in [-0.2, 0) is 6.54 Å². The minimum atomic E-state index is -0.934. The number of aromatic carboxylic acids is 1. The zero-order chi connectivity index (χ0) is 17.4. The van der Waals surface area contributed by atoms with Crippen LogP contribution in [0.4, 0.5) is 0 Å². The van der Waals surface area contributed by atoms with Gasteiger partial charge >= 0.3 is 11.7 Å². The lowest BCUT2D eigenvalue weighted by Gasteiger charge is -2.07. The lowest BCUT2D eigenvalue weighted by Crippen LogP contribution is -2.00. The van der Waals surface area contributed by atoms with Gasteiger partial charge in [-0.1, -0.05) is 17.3 Å². The number of carboxylic acids is 1. The second-order valence-electron chi connectivity index (χ2n) is 5.66. The van der Waals surface area contributed by atoms with Gasteiger partial charge in [-0.05, 0) is 42.0 Å². The van der Waals surface area contributed by atoms with Crippen molar-refractivity contribution < 1.29 is 14.4 Å². The third-order valence-corrected chi connectivity index (χ3v) is 4.04. The Labute approximate surface area is 141 Å². The van der Waals surface area contributed by atoms with Crippen LogP contribution in [0.3, 0.4) is 0 Å². The van der Waals surface area contributed by atoms with Crippen LogP contribution in [0.2, 0.25) is 0 Å². The highest BCUT2D eigenvalue weighted by molar-refractivity contribution is 5.87. The Kier molecular flexibility index (Phi) is 3.46. The van der Waals surface area contributed by atoms with Gasteiger partial charge in [0.1, 0.15) is 0 Å². The third-order valence-electron chi connectivity index (χ3n) is 4.04. The van der Waals surface area contributed by atoms with E-state index in [9.17, 15) is 9.59 Å². The van der Waals surface area contributed by atoms with Gasteiger partial charge in [-0.3, -0.25) is 9.51 Å². The van der Waals surface area contributed by atoms with Crippen LogP contribution >= 0.6 is 0 Å². The van der Waals surface area contributed by atoms with E-state index in [-0.39, 0.29) is 5.56 Å². The summed E-state index contributed by atoms with van der Waals surface area (Å²) in [6, 6.07) is 14.5. The molecule has 4 rings (SSSR count). The molecule has 7 nitrogen and oxygen atoms in total. The Hall–Kier alpha value is -3.61. The summed E-state index contributed by atoms with van der Waals surface area (Å²) in [5, 5.41) is 13.7. The van der Waals surface area contributed by atoms with Crippen LogP contribution in [0.25, 0.3) is 22.3 Å². The molecule has 0 saturated heterocycles. The molecule has 0 aliphatic rings. The summed E-state index contributed by atoms with van der Waals surface area (Å²) in [6.45, 7) is 0.629. The third kappa shape index (κ3) is 2.83. The van der Waals surface area contributed by atoms with Gasteiger partial charge in [-0.2, -0.15) is 0 Å². The lowest BCUT2D eigenvalue weighted by atomic mass is 10.1. The van der Waals surface area contributed by atoms with Gasteiger partial charge in [-0.25, -0.2) is 9.59 Å². The molecule has 0 unspecified atom stereocenters. The summed E-state index contributed by atoms with van der Waals surface area (Å²) in [7, 11) is 0. The van der Waals surface area contributed by atoms with E-state index in [0.29, 0.717) is 12.4 Å². The Bertz CT molecular complexity index is 1120. The molecule has 4 aromatic rings. The first-order chi connectivity index (χ1) is 12.1. The van der Waals surface area contributed by atoms with E-state index in [0.717, 1.165) is 22.0 Å². The van der Waals surface area contributed by atoms with E-state index in [1.54, 1.807) is 12.1 Å². The van der Waals surface area contributed by atoms with E-state index in [1.165, 1.54) is 0 Å². The number of fused-ring (bicyclic) bond motifs is 1. The van der Waals surface area contributed by atoms with Gasteiger partial charge in [0.2, 0.25) is 0 Å². The van der Waals surface area contributed by atoms with E-state index in [1.807, 2.05) is 42.6 Å². The molecular formula is C18H13N3O4. The van der Waals surface area contributed by atoms with Crippen LogP contribution in [-0.4, -0.2) is 25.8 Å². The largest absolute Gasteiger partial charge is 0.478 e. The molecule has 0 fully saturated rings. The molecule has 0 spiro atoms. The zero-order valence-corrected chi connectivity index (χ0v) is 13.0. The molecular weight excluding hydrogens is 322 g/mol. The van der Waals surface area contributed by atoms with Gasteiger partial charge < -0.3 is 9.67 Å². The standard InChI is InChI=1S/C18H13N3O4/c22-17(23)12-3-1-11(2-4-12)10-21-8-7-13-9-14(5-6-15(13)21)16-19-18(24)25-20-16/h1-9H,10H2,(H,22,23)(H,19,20,24). The summed E-state index contributed by atoms with van der Waals surface area (Å²) in [5.41, 5.74) is 3.07. The number of rotatable bonds is 4. The van der Waals surface area contributed by atoms with Gasteiger partial charge in [0.25, 0.3) is 0 Å². The Morgan fingerprint density at radius 1 is 1.16 bits per heavy atom. The first kappa shape index (κ1) is 14.9.